The first kappa shape index (κ1) is 16.6. The van der Waals surface area contributed by atoms with Gasteiger partial charge in [0, 0.05) is 40.2 Å². The molecule has 0 amide bonds. The molecule has 1 atom stereocenters. The third-order valence-corrected chi connectivity index (χ3v) is 5.31. The molecule has 1 aromatic carbocycles. The second kappa shape index (κ2) is 6.44. The fourth-order valence-corrected chi connectivity index (χ4v) is 3.93. The van der Waals surface area contributed by atoms with Crippen molar-refractivity contribution >= 4 is 22.7 Å². The molecule has 0 aliphatic heterocycles. The van der Waals surface area contributed by atoms with Gasteiger partial charge in [-0.1, -0.05) is 18.2 Å². The summed E-state index contributed by atoms with van der Waals surface area (Å²) in [6.45, 7) is 2.10. The Balaban J connectivity index is 1.76. The molecule has 0 spiro atoms. The molecule has 1 aliphatic carbocycles. The number of nitrogens with zero attached hydrogens (tertiary/aromatic N) is 2. The van der Waals surface area contributed by atoms with Gasteiger partial charge in [0.2, 0.25) is 0 Å². The second-order valence-electron chi connectivity index (χ2n) is 6.78. The number of aromatic amines is 1. The predicted octanol–water partition coefficient (Wildman–Crippen LogP) is 2.83. The van der Waals surface area contributed by atoms with Crippen LogP contribution in [0.5, 0.6) is 0 Å². The molecule has 1 aliphatic rings. The zero-order valence-electron chi connectivity index (χ0n) is 14.9. The Morgan fingerprint density at radius 3 is 2.92 bits per heavy atom. The van der Waals surface area contributed by atoms with Gasteiger partial charge in [0.15, 0.2) is 5.78 Å². The number of imidazole rings is 1. The maximum Gasteiger partial charge on any atom is 0.325 e. The van der Waals surface area contributed by atoms with E-state index in [0.717, 1.165) is 46.4 Å². The van der Waals surface area contributed by atoms with Crippen molar-refractivity contribution in [2.45, 2.75) is 32.7 Å². The van der Waals surface area contributed by atoms with Gasteiger partial charge in [0.25, 0.3) is 0 Å². The van der Waals surface area contributed by atoms with Crippen LogP contribution in [0, 0.1) is 12.8 Å². The van der Waals surface area contributed by atoms with Crippen molar-refractivity contribution < 1.29 is 14.3 Å². The summed E-state index contributed by atoms with van der Waals surface area (Å²) in [6, 6.07) is 7.77. The van der Waals surface area contributed by atoms with Gasteiger partial charge in [0.1, 0.15) is 6.54 Å². The molecule has 6 heteroatoms. The van der Waals surface area contributed by atoms with E-state index in [9.17, 15) is 9.59 Å². The summed E-state index contributed by atoms with van der Waals surface area (Å²) in [4.78, 5) is 32.6. The van der Waals surface area contributed by atoms with Gasteiger partial charge in [-0.25, -0.2) is 4.98 Å². The van der Waals surface area contributed by atoms with Crippen molar-refractivity contribution in [1.82, 2.24) is 14.5 Å². The van der Waals surface area contributed by atoms with Gasteiger partial charge in [-0.05, 0) is 25.8 Å². The monoisotopic (exact) mass is 351 g/mol. The van der Waals surface area contributed by atoms with Crippen LogP contribution in [0.2, 0.25) is 0 Å². The molecule has 0 bridgehead atoms. The van der Waals surface area contributed by atoms with Crippen molar-refractivity contribution in [1.29, 1.82) is 0 Å². The number of aromatic nitrogens is 3. The highest BCUT2D eigenvalue weighted by atomic mass is 16.5. The molecule has 6 nitrogen and oxygen atoms in total. The van der Waals surface area contributed by atoms with Crippen LogP contribution < -0.4 is 0 Å². The number of fused-ring (bicyclic) bond motifs is 3. The molecule has 2 heterocycles. The number of Topliss-reactive ketones (excluding diaryl/α,β-unsaturated/α-hetero) is 1. The highest BCUT2D eigenvalue weighted by Gasteiger charge is 2.33. The molecular formula is C20H21N3O3. The average Bonchev–Trinajstić information content (AvgIpc) is 3.19. The Kier molecular flexibility index (Phi) is 4.11. The van der Waals surface area contributed by atoms with Crippen LogP contribution in [0.25, 0.3) is 10.9 Å². The molecule has 0 radical (unpaired) electrons. The molecule has 0 saturated heterocycles. The minimum atomic E-state index is -0.310. The number of para-hydroxylation sites is 1. The van der Waals surface area contributed by atoms with E-state index in [4.69, 9.17) is 4.74 Å². The normalized spacial score (nSPS) is 16.7. The highest BCUT2D eigenvalue weighted by Crippen LogP contribution is 2.35. The second-order valence-corrected chi connectivity index (χ2v) is 6.78. The lowest BCUT2D eigenvalue weighted by molar-refractivity contribution is -0.141. The maximum absolute atomic E-state index is 13.3. The Labute approximate surface area is 151 Å². The third kappa shape index (κ3) is 2.62. The summed E-state index contributed by atoms with van der Waals surface area (Å²) < 4.78 is 6.77. The number of esters is 1. The third-order valence-electron chi connectivity index (χ3n) is 5.31. The maximum atomic E-state index is 13.3. The molecule has 26 heavy (non-hydrogen) atoms. The van der Waals surface area contributed by atoms with Crippen LogP contribution in [0.1, 0.15) is 33.9 Å². The summed E-state index contributed by atoms with van der Waals surface area (Å²) in [7, 11) is 1.38. The first-order valence-electron chi connectivity index (χ1n) is 8.80. The topological polar surface area (TPSA) is 77.0 Å². The van der Waals surface area contributed by atoms with Crippen LogP contribution in [-0.2, 0) is 28.9 Å². The van der Waals surface area contributed by atoms with E-state index >= 15 is 0 Å². The number of ether oxygens (including phenoxy) is 1. The Morgan fingerprint density at radius 1 is 1.38 bits per heavy atom. The van der Waals surface area contributed by atoms with Crippen molar-refractivity contribution in [3.8, 4) is 0 Å². The lowest BCUT2D eigenvalue weighted by Crippen LogP contribution is -2.26. The van der Waals surface area contributed by atoms with Crippen LogP contribution >= 0.6 is 0 Å². The molecule has 0 saturated carbocycles. The summed E-state index contributed by atoms with van der Waals surface area (Å²) in [5, 5.41) is 0.917. The first-order chi connectivity index (χ1) is 12.6. The summed E-state index contributed by atoms with van der Waals surface area (Å²) in [5.41, 5.74) is 4.57. The molecule has 2 aromatic heterocycles. The van der Waals surface area contributed by atoms with Crippen molar-refractivity contribution in [2.75, 3.05) is 7.11 Å². The van der Waals surface area contributed by atoms with Crippen LogP contribution in [0.4, 0.5) is 0 Å². The Morgan fingerprint density at radius 2 is 2.19 bits per heavy atom. The fourth-order valence-electron chi connectivity index (χ4n) is 3.93. The number of methoxy groups -OCH3 is 1. The molecular weight excluding hydrogens is 330 g/mol. The average molecular weight is 351 g/mol. The van der Waals surface area contributed by atoms with Gasteiger partial charge in [0.05, 0.1) is 19.1 Å². The van der Waals surface area contributed by atoms with E-state index in [0.29, 0.717) is 6.42 Å². The minimum absolute atomic E-state index is 0.0816. The zero-order valence-corrected chi connectivity index (χ0v) is 14.9. The number of benzene rings is 1. The molecule has 1 N–H and O–H groups in total. The predicted molar refractivity (Wildman–Crippen MR) is 97.1 cm³/mol. The van der Waals surface area contributed by atoms with Gasteiger partial charge in [-0.3, -0.25) is 9.59 Å². The van der Waals surface area contributed by atoms with Crippen molar-refractivity contribution in [2.24, 2.45) is 5.92 Å². The largest absolute Gasteiger partial charge is 0.468 e. The van der Waals surface area contributed by atoms with Crippen LogP contribution in [0.15, 0.2) is 30.6 Å². The number of aryl methyl sites for hydroxylation is 1. The van der Waals surface area contributed by atoms with Crippen molar-refractivity contribution in [3.05, 3.63) is 53.2 Å². The van der Waals surface area contributed by atoms with E-state index in [-0.39, 0.29) is 24.2 Å². The summed E-state index contributed by atoms with van der Waals surface area (Å²) in [6.07, 6.45) is 3.84. The molecule has 1 unspecified atom stereocenters. The lowest BCUT2D eigenvalue weighted by atomic mass is 9.82. The molecule has 134 valence electrons. The van der Waals surface area contributed by atoms with Gasteiger partial charge in [-0.2, -0.15) is 0 Å². The van der Waals surface area contributed by atoms with Crippen molar-refractivity contribution in [3.63, 3.8) is 0 Å². The zero-order chi connectivity index (χ0) is 18.3. The Hall–Kier alpha value is -2.89. The highest BCUT2D eigenvalue weighted by molar-refractivity contribution is 6.11. The number of nitrogens with one attached hydrogen (secondary N) is 1. The number of ketones is 1. The standard InChI is InChI=1S/C20H21N3O3/c1-12-15(22-11-21-12)9-13-7-8-17-19(20(13)25)14-5-3-4-6-16(14)23(17)10-18(24)26-2/h3-6,11,13H,7-10H2,1-2H3,(H,21,22). The van der Waals surface area contributed by atoms with E-state index in [1.165, 1.54) is 7.11 Å². The van der Waals surface area contributed by atoms with Crippen LogP contribution in [-0.4, -0.2) is 33.4 Å². The van der Waals surface area contributed by atoms with E-state index in [1.807, 2.05) is 35.8 Å². The SMILES string of the molecule is COC(=O)Cn1c2c(c3ccccc31)C(=O)C(Cc1nc[nH]c1C)CC2. The molecule has 3 aromatic rings. The Bertz CT molecular complexity index is 999. The van der Waals surface area contributed by atoms with E-state index in [2.05, 4.69) is 9.97 Å². The summed E-state index contributed by atoms with van der Waals surface area (Å²) >= 11 is 0. The fraction of sp³-hybridized carbons (Fsp3) is 0.350. The van der Waals surface area contributed by atoms with Gasteiger partial charge in [-0.15, -0.1) is 0 Å². The summed E-state index contributed by atoms with van der Waals surface area (Å²) in [5.74, 6) is -0.245. The number of hydrogen-bond acceptors (Lipinski definition) is 4. The first-order valence-corrected chi connectivity index (χ1v) is 8.80. The number of rotatable bonds is 4. The quantitative estimate of drug-likeness (QED) is 0.733. The molecule has 0 fully saturated rings. The van der Waals surface area contributed by atoms with Gasteiger partial charge < -0.3 is 14.3 Å². The van der Waals surface area contributed by atoms with E-state index < -0.39 is 0 Å². The number of hydrogen-bond donors (Lipinski definition) is 1. The number of carbonyl (C=O) groups excluding carboxylic acids is 2. The van der Waals surface area contributed by atoms with Crippen LogP contribution in [0.3, 0.4) is 0 Å². The number of carbonyl (C=O) groups is 2. The minimum Gasteiger partial charge on any atom is -0.468 e. The van der Waals surface area contributed by atoms with Gasteiger partial charge >= 0.3 is 5.97 Å². The lowest BCUT2D eigenvalue weighted by Gasteiger charge is -2.22. The van der Waals surface area contributed by atoms with E-state index in [1.54, 1.807) is 6.33 Å². The number of H-pyrrole nitrogens is 1. The molecule has 4 rings (SSSR count). The smallest absolute Gasteiger partial charge is 0.325 e.